The highest BCUT2D eigenvalue weighted by atomic mass is 32.2. The van der Waals surface area contributed by atoms with E-state index >= 15 is 0 Å². The average molecular weight is 299 g/mol. The van der Waals surface area contributed by atoms with Gasteiger partial charge in [-0.05, 0) is 45.4 Å². The first-order valence-electron chi connectivity index (χ1n) is 6.65. The minimum absolute atomic E-state index is 0.0114. The molecule has 0 aliphatic carbocycles. The van der Waals surface area contributed by atoms with Crippen molar-refractivity contribution >= 4 is 11.8 Å². The summed E-state index contributed by atoms with van der Waals surface area (Å²) in [5, 5.41) is 3.43. The summed E-state index contributed by atoms with van der Waals surface area (Å²) in [5.74, 6) is 0.134. The van der Waals surface area contributed by atoms with E-state index in [1.807, 2.05) is 0 Å². The number of ether oxygens (including phenoxy) is 1. The van der Waals surface area contributed by atoms with Crippen molar-refractivity contribution in [2.24, 2.45) is 5.41 Å². The molecule has 1 N–H and O–H groups in total. The van der Waals surface area contributed by atoms with Gasteiger partial charge in [0.15, 0.2) is 0 Å². The Bertz CT molecular complexity index is 270. The third-order valence-corrected chi connectivity index (χ3v) is 4.18. The number of rotatable bonds is 5. The van der Waals surface area contributed by atoms with Gasteiger partial charge in [0.2, 0.25) is 0 Å². The van der Waals surface area contributed by atoms with Crippen LogP contribution < -0.4 is 5.32 Å². The van der Waals surface area contributed by atoms with Gasteiger partial charge in [-0.25, -0.2) is 0 Å². The smallest absolute Gasteiger partial charge is 0.381 e. The van der Waals surface area contributed by atoms with Crippen molar-refractivity contribution in [2.75, 3.05) is 25.5 Å². The number of thioether (sulfide) groups is 1. The molecular formula is C13H24F3NOS. The second kappa shape index (κ2) is 6.68. The SMILES string of the molecule is CC(C)(C)NCC1(CCSC(F)(F)F)CCOCC1. The van der Waals surface area contributed by atoms with Gasteiger partial charge >= 0.3 is 5.51 Å². The van der Waals surface area contributed by atoms with Crippen molar-refractivity contribution in [2.45, 2.75) is 51.1 Å². The lowest BCUT2D eigenvalue weighted by atomic mass is 9.77. The molecule has 1 saturated heterocycles. The summed E-state index contributed by atoms with van der Waals surface area (Å²) < 4.78 is 42.0. The summed E-state index contributed by atoms with van der Waals surface area (Å²) in [6.45, 7) is 8.29. The van der Waals surface area contributed by atoms with E-state index in [4.69, 9.17) is 4.74 Å². The molecule has 1 rings (SSSR count). The van der Waals surface area contributed by atoms with Crippen molar-refractivity contribution < 1.29 is 17.9 Å². The monoisotopic (exact) mass is 299 g/mol. The van der Waals surface area contributed by atoms with Gasteiger partial charge in [-0.1, -0.05) is 11.8 Å². The molecular weight excluding hydrogens is 275 g/mol. The molecule has 0 aromatic carbocycles. The van der Waals surface area contributed by atoms with Gasteiger partial charge in [0.25, 0.3) is 0 Å². The molecule has 1 aliphatic rings. The molecule has 1 heterocycles. The molecule has 19 heavy (non-hydrogen) atoms. The highest BCUT2D eigenvalue weighted by Gasteiger charge is 2.35. The van der Waals surface area contributed by atoms with E-state index in [1.165, 1.54) is 0 Å². The van der Waals surface area contributed by atoms with Crippen LogP contribution in [0.15, 0.2) is 0 Å². The Morgan fingerprint density at radius 1 is 1.16 bits per heavy atom. The number of hydrogen-bond acceptors (Lipinski definition) is 3. The van der Waals surface area contributed by atoms with E-state index in [9.17, 15) is 13.2 Å². The van der Waals surface area contributed by atoms with Crippen LogP contribution in [-0.2, 0) is 4.74 Å². The first-order valence-corrected chi connectivity index (χ1v) is 7.64. The molecule has 0 aromatic heterocycles. The zero-order valence-corrected chi connectivity index (χ0v) is 12.7. The Labute approximate surface area is 117 Å². The van der Waals surface area contributed by atoms with Gasteiger partial charge in [-0.3, -0.25) is 0 Å². The van der Waals surface area contributed by atoms with E-state index in [-0.39, 0.29) is 28.5 Å². The van der Waals surface area contributed by atoms with Crippen molar-refractivity contribution in [3.05, 3.63) is 0 Å². The van der Waals surface area contributed by atoms with Crippen LogP contribution in [0.5, 0.6) is 0 Å². The van der Waals surface area contributed by atoms with Crippen molar-refractivity contribution in [3.8, 4) is 0 Å². The topological polar surface area (TPSA) is 21.3 Å². The predicted octanol–water partition coefficient (Wildman–Crippen LogP) is 3.81. The number of hydrogen-bond donors (Lipinski definition) is 1. The Balaban J connectivity index is 2.50. The first kappa shape index (κ1) is 17.1. The summed E-state index contributed by atoms with van der Waals surface area (Å²) in [6, 6.07) is 0. The summed E-state index contributed by atoms with van der Waals surface area (Å²) in [6.07, 6.45) is 2.27. The minimum Gasteiger partial charge on any atom is -0.381 e. The van der Waals surface area contributed by atoms with Gasteiger partial charge in [-0.2, -0.15) is 13.2 Å². The molecule has 0 amide bonds. The van der Waals surface area contributed by atoms with E-state index in [2.05, 4.69) is 26.1 Å². The van der Waals surface area contributed by atoms with Crippen LogP contribution in [0.4, 0.5) is 13.2 Å². The van der Waals surface area contributed by atoms with Crippen LogP contribution >= 0.6 is 11.8 Å². The van der Waals surface area contributed by atoms with Crippen molar-refractivity contribution in [3.63, 3.8) is 0 Å². The Hall–Kier alpha value is 0.0600. The molecule has 0 bridgehead atoms. The maximum atomic E-state index is 12.2. The van der Waals surface area contributed by atoms with E-state index in [1.54, 1.807) is 0 Å². The lowest BCUT2D eigenvalue weighted by Gasteiger charge is -2.39. The van der Waals surface area contributed by atoms with Gasteiger partial charge in [0.1, 0.15) is 0 Å². The molecule has 1 fully saturated rings. The summed E-state index contributed by atoms with van der Waals surface area (Å²) in [4.78, 5) is 0. The van der Waals surface area contributed by atoms with Crippen LogP contribution in [0, 0.1) is 5.41 Å². The molecule has 0 aromatic rings. The summed E-state index contributed by atoms with van der Waals surface area (Å²) in [5.41, 5.74) is -4.18. The van der Waals surface area contributed by atoms with Crippen LogP contribution in [0.25, 0.3) is 0 Å². The van der Waals surface area contributed by atoms with Crippen LogP contribution in [0.1, 0.15) is 40.0 Å². The van der Waals surface area contributed by atoms with Crippen molar-refractivity contribution in [1.82, 2.24) is 5.32 Å². The minimum atomic E-state index is -4.12. The van der Waals surface area contributed by atoms with Gasteiger partial charge in [-0.15, -0.1) is 0 Å². The lowest BCUT2D eigenvalue weighted by molar-refractivity contribution is -0.0332. The normalized spacial score (nSPS) is 20.5. The first-order chi connectivity index (χ1) is 8.62. The molecule has 0 saturated carbocycles. The molecule has 0 spiro atoms. The third-order valence-electron chi connectivity index (χ3n) is 3.45. The molecule has 0 atom stereocenters. The van der Waals surface area contributed by atoms with E-state index in [0.29, 0.717) is 19.6 Å². The van der Waals surface area contributed by atoms with Crippen LogP contribution in [-0.4, -0.2) is 36.6 Å². The van der Waals surface area contributed by atoms with Crippen LogP contribution in [0.3, 0.4) is 0 Å². The fourth-order valence-corrected chi connectivity index (χ4v) is 2.92. The number of nitrogens with one attached hydrogen (secondary N) is 1. The van der Waals surface area contributed by atoms with E-state index < -0.39 is 5.51 Å². The number of halogens is 3. The highest BCUT2D eigenvalue weighted by molar-refractivity contribution is 8.00. The highest BCUT2D eigenvalue weighted by Crippen LogP contribution is 2.38. The molecule has 0 unspecified atom stereocenters. The van der Waals surface area contributed by atoms with Gasteiger partial charge < -0.3 is 10.1 Å². The summed E-state index contributed by atoms with van der Waals surface area (Å²) >= 11 is 0.0905. The second-order valence-corrected chi connectivity index (χ2v) is 7.42. The second-order valence-electron chi connectivity index (χ2n) is 6.26. The Morgan fingerprint density at radius 3 is 2.21 bits per heavy atom. The quantitative estimate of drug-likeness (QED) is 0.834. The molecule has 114 valence electrons. The molecule has 6 heteroatoms. The maximum Gasteiger partial charge on any atom is 0.441 e. The van der Waals surface area contributed by atoms with Crippen LogP contribution in [0.2, 0.25) is 0 Å². The molecule has 0 radical (unpaired) electrons. The third kappa shape index (κ3) is 7.42. The average Bonchev–Trinajstić information content (AvgIpc) is 2.25. The summed E-state index contributed by atoms with van der Waals surface area (Å²) in [7, 11) is 0. The zero-order valence-electron chi connectivity index (χ0n) is 11.9. The fraction of sp³-hybridized carbons (Fsp3) is 1.00. The predicted molar refractivity (Wildman–Crippen MR) is 73.4 cm³/mol. The molecule has 2 nitrogen and oxygen atoms in total. The van der Waals surface area contributed by atoms with Gasteiger partial charge in [0.05, 0.1) is 0 Å². The largest absolute Gasteiger partial charge is 0.441 e. The maximum absolute atomic E-state index is 12.2. The lowest BCUT2D eigenvalue weighted by Crippen LogP contribution is -2.46. The standard InChI is InChI=1S/C13H24F3NOS/c1-11(2,3)17-10-12(4-7-18-8-5-12)6-9-19-13(14,15)16/h17H,4-10H2,1-3H3. The van der Waals surface area contributed by atoms with E-state index in [0.717, 1.165) is 19.4 Å². The molecule has 1 aliphatic heterocycles. The Morgan fingerprint density at radius 2 is 1.74 bits per heavy atom. The zero-order chi connectivity index (χ0) is 14.6. The fourth-order valence-electron chi connectivity index (χ4n) is 2.16. The van der Waals surface area contributed by atoms with Crippen molar-refractivity contribution in [1.29, 1.82) is 0 Å². The number of alkyl halides is 3. The van der Waals surface area contributed by atoms with Gasteiger partial charge in [0, 0.05) is 31.1 Å². The Kier molecular flexibility index (Phi) is 6.01.